The first kappa shape index (κ1) is 8.99. The van der Waals surface area contributed by atoms with Gasteiger partial charge in [-0.25, -0.2) is 5.32 Å². The molecule has 0 fully saturated rings. The zero-order valence-corrected chi connectivity index (χ0v) is 6.10. The van der Waals surface area contributed by atoms with Crippen LogP contribution in [0.3, 0.4) is 0 Å². The molecule has 1 heterocycles. The van der Waals surface area contributed by atoms with E-state index < -0.39 is 6.30 Å². The van der Waals surface area contributed by atoms with Crippen LogP contribution < -0.4 is 5.32 Å². The molecule has 0 aliphatic carbocycles. The fourth-order valence-corrected chi connectivity index (χ4v) is 0.693. The number of pyridine rings is 1. The number of rotatable bonds is 2. The fraction of sp³-hybridized carbons (Fsp3) is 0.286. The maximum absolute atomic E-state index is 11.6. The molecule has 0 unspecified atom stereocenters. The van der Waals surface area contributed by atoms with Gasteiger partial charge in [0, 0.05) is 12.7 Å². The summed E-state index contributed by atoms with van der Waals surface area (Å²) in [6.07, 6.45) is -2.88. The predicted molar refractivity (Wildman–Crippen MR) is 37.1 cm³/mol. The molecular formula is C7H7F3N2. The second-order valence-corrected chi connectivity index (χ2v) is 2.17. The molecular weight excluding hydrogens is 169 g/mol. The monoisotopic (exact) mass is 176 g/mol. The number of hydrogen-bond donors (Lipinski definition) is 1. The standard InChI is InChI=1S/C7H7F3N2/c8-7(9,10)12-5-6-3-1-2-4-11-6/h1-4,12H,5H2. The highest BCUT2D eigenvalue weighted by Gasteiger charge is 2.25. The van der Waals surface area contributed by atoms with E-state index in [2.05, 4.69) is 4.98 Å². The van der Waals surface area contributed by atoms with Crippen LogP contribution in [0.2, 0.25) is 0 Å². The second kappa shape index (κ2) is 3.53. The van der Waals surface area contributed by atoms with E-state index in [1.54, 1.807) is 12.1 Å². The highest BCUT2D eigenvalue weighted by Crippen LogP contribution is 2.10. The molecule has 66 valence electrons. The Morgan fingerprint density at radius 2 is 2.08 bits per heavy atom. The number of alkyl halides is 3. The minimum absolute atomic E-state index is 0.287. The summed E-state index contributed by atoms with van der Waals surface area (Å²) >= 11 is 0. The lowest BCUT2D eigenvalue weighted by Gasteiger charge is -2.06. The van der Waals surface area contributed by atoms with Gasteiger partial charge in [0.1, 0.15) is 0 Å². The Morgan fingerprint density at radius 1 is 1.33 bits per heavy atom. The average Bonchev–Trinajstić information content (AvgIpc) is 2.02. The van der Waals surface area contributed by atoms with Crippen molar-refractivity contribution in [1.29, 1.82) is 0 Å². The van der Waals surface area contributed by atoms with Gasteiger partial charge in [-0.3, -0.25) is 4.98 Å². The zero-order chi connectivity index (χ0) is 9.03. The molecule has 12 heavy (non-hydrogen) atoms. The van der Waals surface area contributed by atoms with Crippen LogP contribution in [0.1, 0.15) is 5.69 Å². The van der Waals surface area contributed by atoms with E-state index in [0.717, 1.165) is 0 Å². The van der Waals surface area contributed by atoms with Crippen molar-refractivity contribution in [2.45, 2.75) is 12.8 Å². The largest absolute Gasteiger partial charge is 0.457 e. The Hall–Kier alpha value is -1.10. The quantitative estimate of drug-likeness (QED) is 0.693. The topological polar surface area (TPSA) is 24.9 Å². The van der Waals surface area contributed by atoms with Crippen LogP contribution in [0.25, 0.3) is 0 Å². The number of nitrogens with zero attached hydrogens (tertiary/aromatic N) is 1. The molecule has 0 amide bonds. The highest BCUT2D eigenvalue weighted by molar-refractivity contribution is 5.02. The third kappa shape index (κ3) is 3.34. The summed E-state index contributed by atoms with van der Waals surface area (Å²) in [7, 11) is 0. The van der Waals surface area contributed by atoms with Gasteiger partial charge in [-0.15, -0.1) is 0 Å². The first-order chi connectivity index (χ1) is 5.58. The number of halogens is 3. The van der Waals surface area contributed by atoms with E-state index in [0.29, 0.717) is 5.69 Å². The lowest BCUT2D eigenvalue weighted by molar-refractivity contribution is -0.158. The van der Waals surface area contributed by atoms with Gasteiger partial charge in [-0.1, -0.05) is 6.07 Å². The van der Waals surface area contributed by atoms with Crippen molar-refractivity contribution < 1.29 is 13.2 Å². The van der Waals surface area contributed by atoms with Gasteiger partial charge in [0.2, 0.25) is 0 Å². The molecule has 0 radical (unpaired) electrons. The Bertz CT molecular complexity index is 232. The average molecular weight is 176 g/mol. The molecule has 0 saturated heterocycles. The lowest BCUT2D eigenvalue weighted by Crippen LogP contribution is -2.31. The van der Waals surface area contributed by atoms with Crippen molar-refractivity contribution >= 4 is 0 Å². The smallest absolute Gasteiger partial charge is 0.260 e. The summed E-state index contributed by atoms with van der Waals surface area (Å²) in [5.74, 6) is 0. The van der Waals surface area contributed by atoms with Crippen molar-refractivity contribution in [3.63, 3.8) is 0 Å². The van der Waals surface area contributed by atoms with E-state index >= 15 is 0 Å². The van der Waals surface area contributed by atoms with Crippen molar-refractivity contribution in [2.75, 3.05) is 0 Å². The van der Waals surface area contributed by atoms with Crippen molar-refractivity contribution in [3.05, 3.63) is 30.1 Å². The molecule has 1 N–H and O–H groups in total. The van der Waals surface area contributed by atoms with Crippen LogP contribution in [0.5, 0.6) is 0 Å². The summed E-state index contributed by atoms with van der Waals surface area (Å²) < 4.78 is 34.8. The number of hydrogen-bond acceptors (Lipinski definition) is 2. The van der Waals surface area contributed by atoms with Gasteiger partial charge in [-0.05, 0) is 12.1 Å². The van der Waals surface area contributed by atoms with E-state index in [-0.39, 0.29) is 6.54 Å². The molecule has 0 saturated carbocycles. The van der Waals surface area contributed by atoms with Crippen LogP contribution in [-0.2, 0) is 6.54 Å². The van der Waals surface area contributed by atoms with E-state index in [4.69, 9.17) is 0 Å². The Labute approximate surface area is 67.4 Å². The van der Waals surface area contributed by atoms with Crippen LogP contribution in [0.4, 0.5) is 13.2 Å². The van der Waals surface area contributed by atoms with Crippen LogP contribution in [0, 0.1) is 0 Å². The maximum atomic E-state index is 11.6. The molecule has 0 aromatic carbocycles. The van der Waals surface area contributed by atoms with Gasteiger partial charge in [-0.2, -0.15) is 13.2 Å². The van der Waals surface area contributed by atoms with E-state index in [1.807, 2.05) is 0 Å². The number of nitrogens with one attached hydrogen (secondary N) is 1. The van der Waals surface area contributed by atoms with Crippen molar-refractivity contribution in [1.82, 2.24) is 10.3 Å². The SMILES string of the molecule is FC(F)(F)NCc1ccccn1. The summed E-state index contributed by atoms with van der Waals surface area (Å²) in [4.78, 5) is 3.72. The molecule has 2 nitrogen and oxygen atoms in total. The van der Waals surface area contributed by atoms with Crippen LogP contribution in [-0.4, -0.2) is 11.3 Å². The molecule has 0 spiro atoms. The first-order valence-corrected chi connectivity index (χ1v) is 3.29. The van der Waals surface area contributed by atoms with Gasteiger partial charge in [0.05, 0.1) is 5.69 Å². The van der Waals surface area contributed by atoms with E-state index in [1.165, 1.54) is 17.6 Å². The maximum Gasteiger partial charge on any atom is 0.457 e. The highest BCUT2D eigenvalue weighted by atomic mass is 19.4. The third-order valence-electron chi connectivity index (χ3n) is 1.20. The lowest BCUT2D eigenvalue weighted by atomic mass is 10.3. The molecule has 1 rings (SSSR count). The number of aromatic nitrogens is 1. The molecule has 0 aliphatic rings. The Kier molecular flexibility index (Phi) is 2.65. The van der Waals surface area contributed by atoms with Crippen LogP contribution >= 0.6 is 0 Å². The summed E-state index contributed by atoms with van der Waals surface area (Å²) in [5.41, 5.74) is 0.370. The molecule has 5 heteroatoms. The third-order valence-corrected chi connectivity index (χ3v) is 1.20. The molecule has 1 aromatic heterocycles. The Balaban J connectivity index is 2.44. The Morgan fingerprint density at radius 3 is 2.58 bits per heavy atom. The van der Waals surface area contributed by atoms with Crippen LogP contribution in [0.15, 0.2) is 24.4 Å². The molecule has 0 atom stereocenters. The minimum Gasteiger partial charge on any atom is -0.260 e. The summed E-state index contributed by atoms with van der Waals surface area (Å²) in [5, 5.41) is 1.38. The zero-order valence-electron chi connectivity index (χ0n) is 6.10. The van der Waals surface area contributed by atoms with Gasteiger partial charge >= 0.3 is 6.30 Å². The molecule has 0 aliphatic heterocycles. The van der Waals surface area contributed by atoms with Crippen molar-refractivity contribution in [2.24, 2.45) is 0 Å². The first-order valence-electron chi connectivity index (χ1n) is 3.29. The minimum atomic E-state index is -4.34. The van der Waals surface area contributed by atoms with Gasteiger partial charge in [0.15, 0.2) is 0 Å². The second-order valence-electron chi connectivity index (χ2n) is 2.17. The van der Waals surface area contributed by atoms with Crippen molar-refractivity contribution in [3.8, 4) is 0 Å². The van der Waals surface area contributed by atoms with Gasteiger partial charge in [0.25, 0.3) is 0 Å². The summed E-state index contributed by atoms with van der Waals surface area (Å²) in [6, 6.07) is 4.82. The van der Waals surface area contributed by atoms with E-state index in [9.17, 15) is 13.2 Å². The van der Waals surface area contributed by atoms with Gasteiger partial charge < -0.3 is 0 Å². The fourth-order valence-electron chi connectivity index (χ4n) is 0.693. The molecule has 1 aromatic rings. The summed E-state index contributed by atoms with van der Waals surface area (Å²) in [6.45, 7) is -0.287. The molecule has 0 bridgehead atoms. The normalized spacial score (nSPS) is 11.6. The predicted octanol–water partition coefficient (Wildman–Crippen LogP) is 1.69.